The van der Waals surface area contributed by atoms with Crippen LogP contribution in [0, 0.1) is 6.92 Å². The fourth-order valence-corrected chi connectivity index (χ4v) is 3.21. The first-order valence-corrected chi connectivity index (χ1v) is 7.80. The molecule has 0 aliphatic carbocycles. The summed E-state index contributed by atoms with van der Waals surface area (Å²) in [5.41, 5.74) is 3.92. The van der Waals surface area contributed by atoms with Gasteiger partial charge in [0.25, 0.3) is 0 Å². The largest absolute Gasteiger partial charge is 0.294 e. The van der Waals surface area contributed by atoms with Crippen LogP contribution in [0.1, 0.15) is 11.4 Å². The Morgan fingerprint density at radius 1 is 1.25 bits per heavy atom. The molecule has 0 radical (unpaired) electrons. The number of halogens is 3. The molecule has 0 spiro atoms. The van der Waals surface area contributed by atoms with Gasteiger partial charge in [-0.15, -0.1) is 11.6 Å². The molecule has 0 aliphatic heterocycles. The summed E-state index contributed by atoms with van der Waals surface area (Å²) < 4.78 is 3.01. The summed E-state index contributed by atoms with van der Waals surface area (Å²) in [6.07, 6.45) is 0. The minimum absolute atomic E-state index is 0.340. The summed E-state index contributed by atoms with van der Waals surface area (Å²) in [4.78, 5) is 4.57. The van der Waals surface area contributed by atoms with E-state index in [4.69, 9.17) is 23.2 Å². The van der Waals surface area contributed by atoms with Gasteiger partial charge in [0.2, 0.25) is 0 Å². The molecule has 0 saturated carbocycles. The lowest BCUT2D eigenvalue weighted by Crippen LogP contribution is -2.01. The van der Waals surface area contributed by atoms with E-state index in [-0.39, 0.29) is 0 Å². The molecule has 1 heterocycles. The fraction of sp³-hybridized carbons (Fsp3) is 0.133. The van der Waals surface area contributed by atoms with Gasteiger partial charge in [-0.2, -0.15) is 0 Å². The number of hydrogen-bond acceptors (Lipinski definition) is 1. The Hall–Kier alpha value is -1.03. The Kier molecular flexibility index (Phi) is 3.76. The zero-order valence-corrected chi connectivity index (χ0v) is 13.8. The van der Waals surface area contributed by atoms with Gasteiger partial charge in [0.05, 0.1) is 22.6 Å². The standard InChI is InChI=1S/C15H11BrCl2N2/c1-9-6-10(16)14(7-11(9)18)20-13-5-3-2-4-12(13)19-15(20)8-17/h2-7H,8H2,1H3. The zero-order valence-electron chi connectivity index (χ0n) is 10.7. The molecule has 0 N–H and O–H groups in total. The van der Waals surface area contributed by atoms with E-state index in [1.165, 1.54) is 0 Å². The van der Waals surface area contributed by atoms with Crippen molar-refractivity contribution in [1.29, 1.82) is 0 Å². The smallest absolute Gasteiger partial charge is 0.129 e. The van der Waals surface area contributed by atoms with Crippen LogP contribution in [0.3, 0.4) is 0 Å². The highest BCUT2D eigenvalue weighted by atomic mass is 79.9. The third kappa shape index (κ3) is 2.24. The van der Waals surface area contributed by atoms with Crippen LogP contribution in [-0.2, 0) is 5.88 Å². The number of imidazole rings is 1. The van der Waals surface area contributed by atoms with E-state index < -0.39 is 0 Å². The van der Waals surface area contributed by atoms with Gasteiger partial charge in [-0.25, -0.2) is 4.98 Å². The molecule has 0 atom stereocenters. The minimum atomic E-state index is 0.340. The van der Waals surface area contributed by atoms with Crippen LogP contribution in [0.4, 0.5) is 0 Å². The molecule has 2 aromatic carbocycles. The Morgan fingerprint density at radius 3 is 2.75 bits per heavy atom. The van der Waals surface area contributed by atoms with Crippen LogP contribution in [0.5, 0.6) is 0 Å². The van der Waals surface area contributed by atoms with Gasteiger partial charge in [0, 0.05) is 9.50 Å². The first kappa shape index (κ1) is 13.9. The molecule has 3 rings (SSSR count). The Bertz CT molecular complexity index is 796. The summed E-state index contributed by atoms with van der Waals surface area (Å²) in [5.74, 6) is 1.14. The third-order valence-corrected chi connectivity index (χ3v) is 4.50. The van der Waals surface area contributed by atoms with Gasteiger partial charge in [-0.1, -0.05) is 23.7 Å². The molecule has 20 heavy (non-hydrogen) atoms. The number of aromatic nitrogens is 2. The maximum Gasteiger partial charge on any atom is 0.129 e. The quantitative estimate of drug-likeness (QED) is 0.546. The van der Waals surface area contributed by atoms with E-state index in [1.54, 1.807) is 0 Å². The average Bonchev–Trinajstić information content (AvgIpc) is 2.81. The summed E-state index contributed by atoms with van der Waals surface area (Å²) in [5, 5.41) is 0.724. The fourth-order valence-electron chi connectivity index (χ4n) is 2.24. The molecule has 2 nitrogen and oxygen atoms in total. The van der Waals surface area contributed by atoms with Crippen molar-refractivity contribution in [3.8, 4) is 5.69 Å². The molecule has 0 unspecified atom stereocenters. The topological polar surface area (TPSA) is 17.8 Å². The second kappa shape index (κ2) is 5.40. The Labute approximate surface area is 135 Å². The maximum absolute atomic E-state index is 6.26. The van der Waals surface area contributed by atoms with Crippen molar-refractivity contribution in [3.63, 3.8) is 0 Å². The summed E-state index contributed by atoms with van der Waals surface area (Å²) >= 11 is 15.9. The summed E-state index contributed by atoms with van der Waals surface area (Å²) in [6, 6.07) is 11.9. The highest BCUT2D eigenvalue weighted by Gasteiger charge is 2.14. The molecule has 0 fully saturated rings. The number of para-hydroxylation sites is 2. The van der Waals surface area contributed by atoms with Crippen LogP contribution in [0.2, 0.25) is 5.02 Å². The number of rotatable bonds is 2. The number of benzene rings is 2. The summed E-state index contributed by atoms with van der Waals surface area (Å²) in [6.45, 7) is 1.98. The van der Waals surface area contributed by atoms with Crippen LogP contribution in [0.25, 0.3) is 16.7 Å². The van der Waals surface area contributed by atoms with Crippen LogP contribution in [-0.4, -0.2) is 9.55 Å². The van der Waals surface area contributed by atoms with E-state index in [0.29, 0.717) is 5.88 Å². The second-order valence-corrected chi connectivity index (χ2v) is 6.07. The van der Waals surface area contributed by atoms with E-state index in [2.05, 4.69) is 20.9 Å². The molecule has 3 aromatic rings. The third-order valence-electron chi connectivity index (χ3n) is 3.22. The predicted octanol–water partition coefficient (Wildman–Crippen LogP) is 5.49. The van der Waals surface area contributed by atoms with E-state index in [9.17, 15) is 0 Å². The van der Waals surface area contributed by atoms with Gasteiger partial charge in [-0.05, 0) is 52.7 Å². The first-order valence-electron chi connectivity index (χ1n) is 6.10. The van der Waals surface area contributed by atoms with E-state index in [1.807, 2.05) is 47.9 Å². The SMILES string of the molecule is Cc1cc(Br)c(-n2c(CCl)nc3ccccc32)cc1Cl. The number of fused-ring (bicyclic) bond motifs is 1. The number of nitrogens with zero attached hydrogens (tertiary/aromatic N) is 2. The van der Waals surface area contributed by atoms with Crippen LogP contribution in [0.15, 0.2) is 40.9 Å². The maximum atomic E-state index is 6.26. The van der Waals surface area contributed by atoms with Crippen LogP contribution < -0.4 is 0 Å². The molecule has 0 bridgehead atoms. The number of alkyl halides is 1. The molecular weight excluding hydrogens is 359 g/mol. The Balaban J connectivity index is 2.36. The lowest BCUT2D eigenvalue weighted by atomic mass is 10.2. The monoisotopic (exact) mass is 368 g/mol. The highest BCUT2D eigenvalue weighted by molar-refractivity contribution is 9.10. The highest BCUT2D eigenvalue weighted by Crippen LogP contribution is 2.32. The van der Waals surface area contributed by atoms with Crippen molar-refractivity contribution in [2.45, 2.75) is 12.8 Å². The van der Waals surface area contributed by atoms with E-state index in [0.717, 1.165) is 37.6 Å². The van der Waals surface area contributed by atoms with Crippen molar-refractivity contribution in [3.05, 3.63) is 57.3 Å². The normalized spacial score (nSPS) is 11.2. The van der Waals surface area contributed by atoms with Gasteiger partial charge < -0.3 is 0 Å². The lowest BCUT2D eigenvalue weighted by molar-refractivity contribution is 0.976. The van der Waals surface area contributed by atoms with Gasteiger partial charge in [0.15, 0.2) is 0 Å². The van der Waals surface area contributed by atoms with E-state index >= 15 is 0 Å². The predicted molar refractivity (Wildman–Crippen MR) is 88.1 cm³/mol. The summed E-state index contributed by atoms with van der Waals surface area (Å²) in [7, 11) is 0. The molecule has 0 aliphatic rings. The Morgan fingerprint density at radius 2 is 2.00 bits per heavy atom. The molecule has 5 heteroatoms. The van der Waals surface area contributed by atoms with Gasteiger partial charge in [0.1, 0.15) is 5.82 Å². The molecule has 102 valence electrons. The molecule has 0 amide bonds. The van der Waals surface area contributed by atoms with Crippen LogP contribution >= 0.6 is 39.1 Å². The molecule has 0 saturated heterocycles. The average molecular weight is 370 g/mol. The van der Waals surface area contributed by atoms with Crippen molar-refractivity contribution in [2.75, 3.05) is 0 Å². The molecule has 1 aromatic heterocycles. The second-order valence-electron chi connectivity index (χ2n) is 4.54. The lowest BCUT2D eigenvalue weighted by Gasteiger charge is -2.12. The van der Waals surface area contributed by atoms with Crippen molar-refractivity contribution in [1.82, 2.24) is 9.55 Å². The van der Waals surface area contributed by atoms with Crippen molar-refractivity contribution < 1.29 is 0 Å². The first-order chi connectivity index (χ1) is 9.61. The number of aryl methyl sites for hydroxylation is 1. The zero-order chi connectivity index (χ0) is 14.3. The molecular formula is C15H11BrCl2N2. The van der Waals surface area contributed by atoms with Crippen molar-refractivity contribution in [2.24, 2.45) is 0 Å². The van der Waals surface area contributed by atoms with Crippen molar-refractivity contribution >= 4 is 50.2 Å². The van der Waals surface area contributed by atoms with Gasteiger partial charge >= 0.3 is 0 Å². The minimum Gasteiger partial charge on any atom is -0.294 e. The number of hydrogen-bond donors (Lipinski definition) is 0. The van der Waals surface area contributed by atoms with Gasteiger partial charge in [-0.3, -0.25) is 4.57 Å².